The monoisotopic (exact) mass is 263 g/mol. The molecule has 1 rings (SSSR count). The zero-order valence-corrected chi connectivity index (χ0v) is 10.3. The van der Waals surface area contributed by atoms with E-state index in [4.69, 9.17) is 15.2 Å². The van der Waals surface area contributed by atoms with Crippen molar-refractivity contribution in [1.29, 1.82) is 0 Å². The molecule has 0 saturated carbocycles. The van der Waals surface area contributed by atoms with E-state index >= 15 is 0 Å². The largest absolute Gasteiger partial charge is 0.493 e. The van der Waals surface area contributed by atoms with Crippen LogP contribution in [0.25, 0.3) is 0 Å². The molecule has 0 aromatic heterocycles. The minimum Gasteiger partial charge on any atom is -0.493 e. The summed E-state index contributed by atoms with van der Waals surface area (Å²) < 4.78 is 48.6. The van der Waals surface area contributed by atoms with E-state index in [0.717, 1.165) is 0 Å². The van der Waals surface area contributed by atoms with E-state index in [1.807, 2.05) is 0 Å². The highest BCUT2D eigenvalue weighted by molar-refractivity contribution is 5.44. The van der Waals surface area contributed by atoms with E-state index in [2.05, 4.69) is 0 Å². The zero-order valence-electron chi connectivity index (χ0n) is 10.3. The van der Waals surface area contributed by atoms with Crippen molar-refractivity contribution in [2.45, 2.75) is 18.5 Å². The number of alkyl halides is 3. The molecule has 0 spiro atoms. The number of methoxy groups -OCH3 is 2. The molecule has 0 heterocycles. The van der Waals surface area contributed by atoms with E-state index in [1.54, 1.807) is 0 Å². The molecule has 0 fully saturated rings. The van der Waals surface area contributed by atoms with Crippen molar-refractivity contribution in [3.8, 4) is 11.5 Å². The van der Waals surface area contributed by atoms with E-state index in [1.165, 1.54) is 32.4 Å². The van der Waals surface area contributed by atoms with Crippen molar-refractivity contribution in [2.24, 2.45) is 5.73 Å². The van der Waals surface area contributed by atoms with Crippen LogP contribution in [0.4, 0.5) is 13.2 Å². The lowest BCUT2D eigenvalue weighted by Crippen LogP contribution is -2.23. The summed E-state index contributed by atoms with van der Waals surface area (Å²) in [5.74, 6) is -0.904. The summed E-state index contributed by atoms with van der Waals surface area (Å²) in [6.07, 6.45) is -4.47. The van der Waals surface area contributed by atoms with E-state index in [9.17, 15) is 13.2 Å². The molecule has 3 nitrogen and oxygen atoms in total. The lowest BCUT2D eigenvalue weighted by atomic mass is 9.95. The summed E-state index contributed by atoms with van der Waals surface area (Å²) in [7, 11) is 2.81. The smallest absolute Gasteiger partial charge is 0.395 e. The Morgan fingerprint density at radius 2 is 1.78 bits per heavy atom. The van der Waals surface area contributed by atoms with Crippen molar-refractivity contribution < 1.29 is 22.6 Å². The second-order valence-corrected chi connectivity index (χ2v) is 3.79. The van der Waals surface area contributed by atoms with Crippen LogP contribution in [0, 0.1) is 0 Å². The zero-order chi connectivity index (χ0) is 13.8. The molecule has 1 unspecified atom stereocenters. The van der Waals surface area contributed by atoms with Gasteiger partial charge in [-0.3, -0.25) is 0 Å². The van der Waals surface area contributed by atoms with Crippen LogP contribution in [-0.4, -0.2) is 26.9 Å². The molecular formula is C12H16F3NO2. The van der Waals surface area contributed by atoms with Crippen molar-refractivity contribution in [1.82, 2.24) is 0 Å². The van der Waals surface area contributed by atoms with Gasteiger partial charge >= 0.3 is 6.18 Å². The lowest BCUT2D eigenvalue weighted by molar-refractivity contribution is -0.151. The van der Waals surface area contributed by atoms with Gasteiger partial charge in [-0.15, -0.1) is 0 Å². The van der Waals surface area contributed by atoms with Crippen molar-refractivity contribution >= 4 is 0 Å². The van der Waals surface area contributed by atoms with Gasteiger partial charge in [0, 0.05) is 0 Å². The number of benzene rings is 1. The topological polar surface area (TPSA) is 44.5 Å². The number of rotatable bonds is 5. The Hall–Kier alpha value is -1.43. The normalized spacial score (nSPS) is 13.2. The highest BCUT2D eigenvalue weighted by Gasteiger charge is 2.40. The highest BCUT2D eigenvalue weighted by atomic mass is 19.4. The highest BCUT2D eigenvalue weighted by Crippen LogP contribution is 2.40. The van der Waals surface area contributed by atoms with Crippen molar-refractivity contribution in [3.05, 3.63) is 23.8 Å². The first-order valence-electron chi connectivity index (χ1n) is 5.42. The van der Waals surface area contributed by atoms with Crippen molar-refractivity contribution in [3.63, 3.8) is 0 Å². The Labute approximate surface area is 104 Å². The van der Waals surface area contributed by atoms with Gasteiger partial charge in [-0.25, -0.2) is 0 Å². The predicted molar refractivity (Wildman–Crippen MR) is 62.0 cm³/mol. The van der Waals surface area contributed by atoms with Crippen LogP contribution < -0.4 is 15.2 Å². The molecule has 0 amide bonds. The molecule has 0 radical (unpaired) electrons. The molecule has 18 heavy (non-hydrogen) atoms. The Morgan fingerprint density at radius 1 is 1.17 bits per heavy atom. The van der Waals surface area contributed by atoms with Crippen LogP contribution in [0.3, 0.4) is 0 Å². The quantitative estimate of drug-likeness (QED) is 0.888. The fourth-order valence-electron chi connectivity index (χ4n) is 1.76. The van der Waals surface area contributed by atoms with Crippen LogP contribution in [-0.2, 0) is 0 Å². The number of hydrogen-bond donors (Lipinski definition) is 1. The van der Waals surface area contributed by atoms with Gasteiger partial charge in [-0.1, -0.05) is 6.07 Å². The average Bonchev–Trinajstić information content (AvgIpc) is 2.33. The summed E-state index contributed by atoms with van der Waals surface area (Å²) in [5, 5.41) is 0. The molecular weight excluding hydrogens is 247 g/mol. The van der Waals surface area contributed by atoms with Crippen molar-refractivity contribution in [2.75, 3.05) is 20.8 Å². The number of nitrogens with two attached hydrogens (primary N) is 1. The molecule has 0 saturated heterocycles. The molecule has 1 aromatic rings. The molecule has 1 aromatic carbocycles. The summed E-state index contributed by atoms with van der Waals surface area (Å²) in [5.41, 5.74) is 5.36. The predicted octanol–water partition coefficient (Wildman–Crippen LogP) is 2.70. The fraction of sp³-hybridized carbons (Fsp3) is 0.500. The van der Waals surface area contributed by atoms with Crippen LogP contribution in [0.5, 0.6) is 11.5 Å². The Balaban J connectivity index is 3.13. The maximum atomic E-state index is 12.9. The Kier molecular flexibility index (Phi) is 4.84. The summed E-state index contributed by atoms with van der Waals surface area (Å²) >= 11 is 0. The SMILES string of the molecule is COc1ccc(C(CCN)C(F)(F)F)cc1OC. The Bertz CT molecular complexity index is 393. The summed E-state index contributed by atoms with van der Waals surface area (Å²) in [6.45, 7) is -0.0292. The summed E-state index contributed by atoms with van der Waals surface area (Å²) in [4.78, 5) is 0. The van der Waals surface area contributed by atoms with Crippen LogP contribution in [0.1, 0.15) is 17.9 Å². The first kappa shape index (κ1) is 14.6. The second-order valence-electron chi connectivity index (χ2n) is 3.79. The minimum atomic E-state index is -4.32. The molecule has 102 valence electrons. The van der Waals surface area contributed by atoms with Gasteiger partial charge in [0.25, 0.3) is 0 Å². The van der Waals surface area contributed by atoms with Gasteiger partial charge in [0.05, 0.1) is 20.1 Å². The maximum Gasteiger partial charge on any atom is 0.395 e. The van der Waals surface area contributed by atoms with E-state index in [0.29, 0.717) is 5.75 Å². The molecule has 0 aliphatic rings. The minimum absolute atomic E-state index is 0.0292. The second kappa shape index (κ2) is 5.95. The molecule has 1 atom stereocenters. The molecule has 2 N–H and O–H groups in total. The van der Waals surface area contributed by atoms with E-state index < -0.39 is 12.1 Å². The van der Waals surface area contributed by atoms with E-state index in [-0.39, 0.29) is 24.3 Å². The number of halogens is 3. The fourth-order valence-corrected chi connectivity index (χ4v) is 1.76. The van der Waals surface area contributed by atoms with Gasteiger partial charge in [-0.2, -0.15) is 13.2 Å². The molecule has 0 bridgehead atoms. The third-order valence-electron chi connectivity index (χ3n) is 2.66. The standard InChI is InChI=1S/C12H16F3NO2/c1-17-10-4-3-8(7-11(10)18-2)9(5-6-16)12(13,14)15/h3-4,7,9H,5-6,16H2,1-2H3. The average molecular weight is 263 g/mol. The van der Waals surface area contributed by atoms with Crippen LogP contribution in [0.15, 0.2) is 18.2 Å². The third kappa shape index (κ3) is 3.29. The van der Waals surface area contributed by atoms with Crippen LogP contribution >= 0.6 is 0 Å². The molecule has 0 aliphatic carbocycles. The Morgan fingerprint density at radius 3 is 2.22 bits per heavy atom. The van der Waals surface area contributed by atoms with Gasteiger partial charge in [-0.05, 0) is 30.7 Å². The van der Waals surface area contributed by atoms with Gasteiger partial charge in [0.15, 0.2) is 11.5 Å². The first-order chi connectivity index (χ1) is 8.43. The number of ether oxygens (including phenoxy) is 2. The van der Waals surface area contributed by atoms with Gasteiger partial charge in [0.2, 0.25) is 0 Å². The number of hydrogen-bond acceptors (Lipinski definition) is 3. The van der Waals surface area contributed by atoms with Gasteiger partial charge in [0.1, 0.15) is 0 Å². The lowest BCUT2D eigenvalue weighted by Gasteiger charge is -2.21. The van der Waals surface area contributed by atoms with Gasteiger partial charge < -0.3 is 15.2 Å². The maximum absolute atomic E-state index is 12.9. The summed E-state index contributed by atoms with van der Waals surface area (Å²) in [6, 6.07) is 4.19. The molecule has 6 heteroatoms. The van der Waals surface area contributed by atoms with Crippen LogP contribution in [0.2, 0.25) is 0 Å². The third-order valence-corrected chi connectivity index (χ3v) is 2.66. The first-order valence-corrected chi connectivity index (χ1v) is 5.42. The molecule has 0 aliphatic heterocycles.